The number of aryl methyl sites for hydroxylation is 1. The molecule has 5 N–H and O–H groups in total. The third-order valence-corrected chi connectivity index (χ3v) is 2.28. The van der Waals surface area contributed by atoms with Crippen LogP contribution in [0.3, 0.4) is 0 Å². The average Bonchev–Trinajstić information content (AvgIpc) is 2.28. The predicted octanol–water partition coefficient (Wildman–Crippen LogP) is -0.247. The molecule has 0 aliphatic heterocycles. The van der Waals surface area contributed by atoms with Crippen molar-refractivity contribution in [3.63, 3.8) is 0 Å². The van der Waals surface area contributed by atoms with E-state index in [-0.39, 0.29) is 6.54 Å². The van der Waals surface area contributed by atoms with Crippen LogP contribution in [0, 0.1) is 6.92 Å². The van der Waals surface area contributed by atoms with Crippen LogP contribution in [0.15, 0.2) is 18.2 Å². The first-order chi connectivity index (χ1) is 7.91. The molecule has 0 aliphatic carbocycles. The number of carbonyl (C=O) groups excluding carboxylic acids is 1. The van der Waals surface area contributed by atoms with E-state index in [0.717, 1.165) is 5.56 Å². The molecule has 92 valence electrons. The zero-order valence-electron chi connectivity index (χ0n) is 9.30. The fraction of sp³-hybridized carbons (Fsp3) is 0.273. The minimum Gasteiger partial charge on any atom is -0.479 e. The van der Waals surface area contributed by atoms with Gasteiger partial charge in [-0.3, -0.25) is 4.79 Å². The van der Waals surface area contributed by atoms with E-state index in [2.05, 4.69) is 5.32 Å². The van der Waals surface area contributed by atoms with Crippen LogP contribution in [0.25, 0.3) is 0 Å². The summed E-state index contributed by atoms with van der Waals surface area (Å²) in [5.41, 5.74) is 7.30. The van der Waals surface area contributed by atoms with Crippen molar-refractivity contribution in [3.05, 3.63) is 29.3 Å². The summed E-state index contributed by atoms with van der Waals surface area (Å²) in [4.78, 5) is 21.9. The number of amides is 1. The molecule has 0 fully saturated rings. The maximum atomic E-state index is 11.6. The van der Waals surface area contributed by atoms with Crippen LogP contribution < -0.4 is 11.1 Å². The van der Waals surface area contributed by atoms with Crippen LogP contribution in [-0.2, 0) is 4.79 Å². The number of nitrogens with one attached hydrogen (secondary N) is 1. The van der Waals surface area contributed by atoms with Crippen LogP contribution >= 0.6 is 0 Å². The van der Waals surface area contributed by atoms with Gasteiger partial charge in [0.1, 0.15) is 0 Å². The van der Waals surface area contributed by atoms with Gasteiger partial charge in [-0.25, -0.2) is 4.79 Å². The number of aliphatic hydroxyl groups excluding tert-OH is 1. The summed E-state index contributed by atoms with van der Waals surface area (Å²) >= 11 is 0. The van der Waals surface area contributed by atoms with Gasteiger partial charge in [-0.2, -0.15) is 0 Å². The molecule has 17 heavy (non-hydrogen) atoms. The van der Waals surface area contributed by atoms with Crippen molar-refractivity contribution >= 4 is 17.6 Å². The molecule has 0 saturated heterocycles. The lowest BCUT2D eigenvalue weighted by molar-refractivity contribution is -0.146. The van der Waals surface area contributed by atoms with E-state index in [1.54, 1.807) is 12.1 Å². The average molecular weight is 238 g/mol. The van der Waals surface area contributed by atoms with Gasteiger partial charge >= 0.3 is 5.97 Å². The van der Waals surface area contributed by atoms with Crippen LogP contribution in [0.2, 0.25) is 0 Å². The smallest absolute Gasteiger partial charge is 0.334 e. The number of rotatable bonds is 4. The third-order valence-electron chi connectivity index (χ3n) is 2.28. The lowest BCUT2D eigenvalue weighted by Gasteiger charge is -2.08. The SMILES string of the molecule is Cc1ccc(C(=O)NCC(O)C(=O)O)cc1N. The Morgan fingerprint density at radius 2 is 2.12 bits per heavy atom. The largest absolute Gasteiger partial charge is 0.479 e. The molecule has 0 heterocycles. The van der Waals surface area contributed by atoms with Crippen molar-refractivity contribution in [2.75, 3.05) is 12.3 Å². The number of aliphatic carboxylic acids is 1. The zero-order chi connectivity index (χ0) is 13.0. The number of aliphatic hydroxyl groups is 1. The maximum Gasteiger partial charge on any atom is 0.334 e. The number of carboxylic acids is 1. The molecule has 1 atom stereocenters. The fourth-order valence-corrected chi connectivity index (χ4v) is 1.16. The quantitative estimate of drug-likeness (QED) is 0.540. The van der Waals surface area contributed by atoms with E-state index in [1.807, 2.05) is 6.92 Å². The Balaban J connectivity index is 2.64. The van der Waals surface area contributed by atoms with Crippen LogP contribution in [0.1, 0.15) is 15.9 Å². The molecule has 1 aromatic carbocycles. The Hall–Kier alpha value is -2.08. The second-order valence-corrected chi connectivity index (χ2v) is 3.64. The first-order valence-corrected chi connectivity index (χ1v) is 4.97. The number of hydrogen-bond acceptors (Lipinski definition) is 4. The lowest BCUT2D eigenvalue weighted by atomic mass is 10.1. The number of carboxylic acid groups (broad SMARTS) is 1. The van der Waals surface area contributed by atoms with Crippen LogP contribution in [-0.4, -0.2) is 34.7 Å². The topological polar surface area (TPSA) is 113 Å². The van der Waals surface area contributed by atoms with Crippen molar-refractivity contribution in [1.82, 2.24) is 5.32 Å². The second-order valence-electron chi connectivity index (χ2n) is 3.64. The summed E-state index contributed by atoms with van der Waals surface area (Å²) < 4.78 is 0. The van der Waals surface area contributed by atoms with Gasteiger partial charge in [-0.1, -0.05) is 6.07 Å². The van der Waals surface area contributed by atoms with Crippen molar-refractivity contribution in [2.45, 2.75) is 13.0 Å². The van der Waals surface area contributed by atoms with Gasteiger partial charge in [-0.05, 0) is 24.6 Å². The summed E-state index contributed by atoms with van der Waals surface area (Å²) in [6.07, 6.45) is -1.61. The van der Waals surface area contributed by atoms with Crippen molar-refractivity contribution in [2.24, 2.45) is 0 Å². The third kappa shape index (κ3) is 3.46. The van der Waals surface area contributed by atoms with Gasteiger partial charge in [0.25, 0.3) is 5.91 Å². The Bertz CT molecular complexity index is 445. The molecule has 6 heteroatoms. The van der Waals surface area contributed by atoms with Crippen LogP contribution in [0.5, 0.6) is 0 Å². The molecule has 1 amide bonds. The maximum absolute atomic E-state index is 11.6. The summed E-state index contributed by atoms with van der Waals surface area (Å²) in [6.45, 7) is 1.47. The van der Waals surface area contributed by atoms with E-state index in [9.17, 15) is 9.59 Å². The van der Waals surface area contributed by atoms with Crippen molar-refractivity contribution in [3.8, 4) is 0 Å². The zero-order valence-corrected chi connectivity index (χ0v) is 9.30. The molecule has 6 nitrogen and oxygen atoms in total. The summed E-state index contributed by atoms with van der Waals surface area (Å²) in [5, 5.41) is 19.7. The van der Waals surface area contributed by atoms with Gasteiger partial charge in [0.05, 0.1) is 6.54 Å². The monoisotopic (exact) mass is 238 g/mol. The fourth-order valence-electron chi connectivity index (χ4n) is 1.16. The summed E-state index contributed by atoms with van der Waals surface area (Å²) in [6, 6.07) is 4.77. The summed E-state index contributed by atoms with van der Waals surface area (Å²) in [7, 11) is 0. The highest BCUT2D eigenvalue weighted by molar-refractivity contribution is 5.95. The van der Waals surface area contributed by atoms with Crippen molar-refractivity contribution < 1.29 is 19.8 Å². The molecular formula is C11H14N2O4. The Labute approximate surface area is 98.1 Å². The molecule has 1 aromatic rings. The van der Waals surface area contributed by atoms with Gasteiger partial charge in [0.15, 0.2) is 6.10 Å². The van der Waals surface area contributed by atoms with E-state index in [4.69, 9.17) is 15.9 Å². The lowest BCUT2D eigenvalue weighted by Crippen LogP contribution is -2.36. The van der Waals surface area contributed by atoms with Gasteiger partial charge in [0, 0.05) is 11.3 Å². The first-order valence-electron chi connectivity index (χ1n) is 4.97. The molecule has 0 saturated carbocycles. The molecule has 1 unspecified atom stereocenters. The highest BCUT2D eigenvalue weighted by Crippen LogP contribution is 2.12. The number of carbonyl (C=O) groups is 2. The number of benzene rings is 1. The van der Waals surface area contributed by atoms with Gasteiger partial charge in [-0.15, -0.1) is 0 Å². The Kier molecular flexibility index (Phi) is 4.06. The van der Waals surface area contributed by atoms with E-state index in [0.29, 0.717) is 11.3 Å². The van der Waals surface area contributed by atoms with Gasteiger partial charge in [0.2, 0.25) is 0 Å². The molecule has 0 spiro atoms. The number of nitrogens with two attached hydrogens (primary N) is 1. The van der Waals surface area contributed by atoms with E-state index < -0.39 is 18.0 Å². The Morgan fingerprint density at radius 1 is 1.47 bits per heavy atom. The molecule has 0 radical (unpaired) electrons. The second kappa shape index (κ2) is 5.31. The van der Waals surface area contributed by atoms with E-state index >= 15 is 0 Å². The highest BCUT2D eigenvalue weighted by Gasteiger charge is 2.15. The molecule has 0 aromatic heterocycles. The highest BCUT2D eigenvalue weighted by atomic mass is 16.4. The number of anilines is 1. The molecular weight excluding hydrogens is 224 g/mol. The summed E-state index contributed by atoms with van der Waals surface area (Å²) in [5.74, 6) is -1.86. The molecule has 1 rings (SSSR count). The molecule has 0 aliphatic rings. The van der Waals surface area contributed by atoms with Crippen LogP contribution in [0.4, 0.5) is 5.69 Å². The predicted molar refractivity (Wildman–Crippen MR) is 61.6 cm³/mol. The minimum absolute atomic E-state index is 0.325. The van der Waals surface area contributed by atoms with Gasteiger partial charge < -0.3 is 21.3 Å². The first kappa shape index (κ1) is 13.0. The number of nitrogen functional groups attached to an aromatic ring is 1. The Morgan fingerprint density at radius 3 is 2.65 bits per heavy atom. The van der Waals surface area contributed by atoms with Crippen molar-refractivity contribution in [1.29, 1.82) is 0 Å². The normalized spacial score (nSPS) is 11.9. The molecule has 0 bridgehead atoms. The standard InChI is InChI=1S/C11H14N2O4/c1-6-2-3-7(4-8(6)12)10(15)13-5-9(14)11(16)17/h2-4,9,14H,5,12H2,1H3,(H,13,15)(H,16,17). The minimum atomic E-state index is -1.61. The number of hydrogen-bond donors (Lipinski definition) is 4. The van der Waals surface area contributed by atoms with E-state index in [1.165, 1.54) is 6.07 Å².